The van der Waals surface area contributed by atoms with Gasteiger partial charge >= 0.3 is 15.6 Å². The van der Waals surface area contributed by atoms with Crippen molar-refractivity contribution in [1.29, 1.82) is 0 Å². The molecule has 0 rings (SSSR count). The second-order valence-corrected chi connectivity index (χ2v) is 8.45. The van der Waals surface area contributed by atoms with Gasteiger partial charge in [0.15, 0.2) is 0 Å². The number of aliphatic hydroxyl groups is 2. The van der Waals surface area contributed by atoms with Gasteiger partial charge in [0, 0.05) is 0 Å². The summed E-state index contributed by atoms with van der Waals surface area (Å²) >= 11 is 0. The van der Waals surface area contributed by atoms with Crippen LogP contribution in [-0.4, -0.2) is 49.9 Å². The van der Waals surface area contributed by atoms with Crippen molar-refractivity contribution < 1.29 is 41.7 Å². The highest BCUT2D eigenvalue weighted by atomic mass is 31.3. The molecule has 0 aromatic heterocycles. The highest BCUT2D eigenvalue weighted by Gasteiger charge is 2.40. The van der Waals surface area contributed by atoms with E-state index in [-0.39, 0.29) is 39.6 Å². The van der Waals surface area contributed by atoms with E-state index in [4.69, 9.17) is 32.6 Å². The van der Waals surface area contributed by atoms with Crippen LogP contribution in [0.15, 0.2) is 0 Å². The fourth-order valence-corrected chi connectivity index (χ4v) is 4.72. The van der Waals surface area contributed by atoms with Gasteiger partial charge in [-0.2, -0.15) is 4.31 Å². The van der Waals surface area contributed by atoms with E-state index < -0.39 is 15.6 Å². The zero-order valence-electron chi connectivity index (χ0n) is 16.7. The highest BCUT2D eigenvalue weighted by Crippen LogP contribution is 2.66. The molecule has 0 aliphatic heterocycles. The number of phosphoric acid groups is 2. The summed E-state index contributed by atoms with van der Waals surface area (Å²) in [6, 6.07) is 0. The number of phosphoric ester groups is 2. The lowest BCUT2D eigenvalue weighted by atomic mass is 10.5. The van der Waals surface area contributed by atoms with E-state index in [1.807, 2.05) is 27.7 Å². The summed E-state index contributed by atoms with van der Waals surface area (Å²) in [4.78, 5) is 0. The smallest absolute Gasteiger partial charge is 0.384 e. The number of aliphatic hydroxyl groups excluding tert-OH is 2. The molecule has 0 radical (unpaired) electrons. The Balaban J connectivity index is 0. The Morgan fingerprint density at radius 3 is 1.07 bits per heavy atom. The summed E-state index contributed by atoms with van der Waals surface area (Å²) in [5.41, 5.74) is 0. The second kappa shape index (κ2) is 19.1. The standard InChI is InChI=1S/C12H28O7P2.C4H6O2/c1-5-9-15-20(13,16-10-6-2)19-21(14,17-11-7-3)18-12-8-4;5-3-1-2-4-6/h5-12H2,1-4H3;5-6H,3-4H2. The van der Waals surface area contributed by atoms with Crippen molar-refractivity contribution in [2.45, 2.75) is 53.4 Å². The Bertz CT molecular complexity index is 424. The van der Waals surface area contributed by atoms with Crippen molar-refractivity contribution in [2.24, 2.45) is 0 Å². The second-order valence-electron chi connectivity index (χ2n) is 4.98. The molecule has 11 heteroatoms. The van der Waals surface area contributed by atoms with Crippen LogP contribution in [0.2, 0.25) is 0 Å². The summed E-state index contributed by atoms with van der Waals surface area (Å²) in [5, 5.41) is 15.8. The third kappa shape index (κ3) is 17.6. The van der Waals surface area contributed by atoms with Crippen LogP contribution in [0.4, 0.5) is 0 Å². The maximum absolute atomic E-state index is 12.5. The zero-order chi connectivity index (χ0) is 21.0. The van der Waals surface area contributed by atoms with Gasteiger partial charge in [-0.3, -0.25) is 18.1 Å². The van der Waals surface area contributed by atoms with E-state index in [1.165, 1.54) is 0 Å². The minimum absolute atomic E-state index is 0.166. The average Bonchev–Trinajstić information content (AvgIpc) is 2.66. The highest BCUT2D eigenvalue weighted by molar-refractivity contribution is 7.62. The molecule has 0 aromatic carbocycles. The van der Waals surface area contributed by atoms with E-state index >= 15 is 0 Å². The molecule has 0 saturated heterocycles. The number of hydrogen-bond donors (Lipinski definition) is 2. The number of hydrogen-bond acceptors (Lipinski definition) is 9. The first-order chi connectivity index (χ1) is 12.9. The lowest BCUT2D eigenvalue weighted by molar-refractivity contribution is 0.109. The average molecular weight is 432 g/mol. The van der Waals surface area contributed by atoms with Crippen LogP contribution in [0.3, 0.4) is 0 Å². The van der Waals surface area contributed by atoms with Gasteiger partial charge in [0.2, 0.25) is 0 Å². The summed E-state index contributed by atoms with van der Waals surface area (Å²) in [6.07, 6.45) is 2.50. The van der Waals surface area contributed by atoms with Gasteiger partial charge in [-0.25, -0.2) is 9.13 Å². The maximum atomic E-state index is 12.5. The van der Waals surface area contributed by atoms with Crippen molar-refractivity contribution in [1.82, 2.24) is 0 Å². The molecule has 0 atom stereocenters. The van der Waals surface area contributed by atoms with E-state index in [2.05, 4.69) is 11.8 Å². The molecule has 27 heavy (non-hydrogen) atoms. The van der Waals surface area contributed by atoms with Gasteiger partial charge in [-0.15, -0.1) is 0 Å². The monoisotopic (exact) mass is 432 g/mol. The van der Waals surface area contributed by atoms with Crippen LogP contribution >= 0.6 is 15.6 Å². The Kier molecular flexibility index (Phi) is 20.4. The predicted molar refractivity (Wildman–Crippen MR) is 103 cm³/mol. The van der Waals surface area contributed by atoms with Crippen LogP contribution < -0.4 is 0 Å². The van der Waals surface area contributed by atoms with Crippen LogP contribution in [-0.2, 0) is 31.5 Å². The van der Waals surface area contributed by atoms with Gasteiger partial charge in [0.05, 0.1) is 26.4 Å². The van der Waals surface area contributed by atoms with Crippen LogP contribution in [0.1, 0.15) is 53.4 Å². The van der Waals surface area contributed by atoms with E-state index in [0.29, 0.717) is 25.7 Å². The van der Waals surface area contributed by atoms with Gasteiger partial charge in [-0.1, -0.05) is 39.5 Å². The Hall–Kier alpha value is -0.260. The lowest BCUT2D eigenvalue weighted by Gasteiger charge is -2.22. The minimum atomic E-state index is -3.97. The molecule has 0 fully saturated rings. The normalized spacial score (nSPS) is 11.3. The molecule has 0 aliphatic rings. The van der Waals surface area contributed by atoms with E-state index in [9.17, 15) is 9.13 Å². The van der Waals surface area contributed by atoms with Crippen molar-refractivity contribution in [3.63, 3.8) is 0 Å². The van der Waals surface area contributed by atoms with Gasteiger partial charge in [0.1, 0.15) is 13.2 Å². The molecule has 0 amide bonds. The zero-order valence-corrected chi connectivity index (χ0v) is 18.5. The summed E-state index contributed by atoms with van der Waals surface area (Å²) < 4.78 is 50.5. The quantitative estimate of drug-likeness (QED) is 0.311. The van der Waals surface area contributed by atoms with Gasteiger partial charge in [-0.05, 0) is 25.7 Å². The molecule has 0 unspecified atom stereocenters. The molecule has 0 saturated carbocycles. The number of rotatable bonds is 14. The van der Waals surface area contributed by atoms with E-state index in [1.54, 1.807) is 0 Å². The first-order valence-electron chi connectivity index (χ1n) is 9.03. The fraction of sp³-hybridized carbons (Fsp3) is 0.875. The Morgan fingerprint density at radius 2 is 0.889 bits per heavy atom. The first-order valence-corrected chi connectivity index (χ1v) is 12.0. The fourth-order valence-electron chi connectivity index (χ4n) is 1.22. The molecule has 9 nitrogen and oxygen atoms in total. The van der Waals surface area contributed by atoms with Crippen LogP contribution in [0, 0.1) is 11.8 Å². The molecule has 0 bridgehead atoms. The van der Waals surface area contributed by atoms with Crippen molar-refractivity contribution >= 4 is 15.6 Å². The Labute approximate surface area is 162 Å². The van der Waals surface area contributed by atoms with Crippen molar-refractivity contribution in [3.8, 4) is 11.8 Å². The third-order valence-electron chi connectivity index (χ3n) is 2.30. The van der Waals surface area contributed by atoms with Crippen LogP contribution in [0.5, 0.6) is 0 Å². The molecule has 0 aliphatic carbocycles. The summed E-state index contributed by atoms with van der Waals surface area (Å²) in [6.45, 7) is 7.75. The van der Waals surface area contributed by atoms with Gasteiger partial charge in [0.25, 0.3) is 0 Å². The molecule has 0 spiro atoms. The maximum Gasteiger partial charge on any atom is 0.483 e. The summed E-state index contributed by atoms with van der Waals surface area (Å²) in [5.74, 6) is 4.51. The lowest BCUT2D eigenvalue weighted by Crippen LogP contribution is -2.06. The Morgan fingerprint density at radius 1 is 0.630 bits per heavy atom. The molecular weight excluding hydrogens is 398 g/mol. The molecular formula is C16H34O9P2. The molecule has 0 aromatic rings. The third-order valence-corrected chi connectivity index (χ3v) is 5.89. The van der Waals surface area contributed by atoms with Crippen LogP contribution in [0.25, 0.3) is 0 Å². The SMILES string of the molecule is CCCOP(=O)(OCCC)OP(=O)(OCCC)OCCC.OCC#CCO. The predicted octanol–water partition coefficient (Wildman–Crippen LogP) is 3.90. The topological polar surface area (TPSA) is 121 Å². The summed E-state index contributed by atoms with van der Waals surface area (Å²) in [7, 11) is -7.93. The van der Waals surface area contributed by atoms with Gasteiger partial charge < -0.3 is 10.2 Å². The molecule has 162 valence electrons. The molecule has 2 N–H and O–H groups in total. The van der Waals surface area contributed by atoms with E-state index in [0.717, 1.165) is 0 Å². The van der Waals surface area contributed by atoms with Crippen molar-refractivity contribution in [2.75, 3.05) is 39.6 Å². The molecule has 0 heterocycles. The largest absolute Gasteiger partial charge is 0.483 e. The van der Waals surface area contributed by atoms with Crippen molar-refractivity contribution in [3.05, 3.63) is 0 Å². The first kappa shape index (κ1) is 28.9. The minimum Gasteiger partial charge on any atom is -0.384 e.